The number of nitrogens with one attached hydrogen (secondary N) is 2. The number of urea groups is 1. The summed E-state index contributed by atoms with van der Waals surface area (Å²) in [4.78, 5) is 56.2. The normalized spacial score (nSPS) is 17.3. The smallest absolute Gasteiger partial charge is 0.318 e. The first-order valence-corrected chi connectivity index (χ1v) is 12.1. The molecule has 1 atom stereocenters. The van der Waals surface area contributed by atoms with Crippen molar-refractivity contribution in [3.63, 3.8) is 0 Å². The second kappa shape index (κ2) is 9.31. The van der Waals surface area contributed by atoms with Crippen LogP contribution >= 0.6 is 11.8 Å². The van der Waals surface area contributed by atoms with Crippen LogP contribution in [-0.2, 0) is 15.1 Å². The maximum absolute atomic E-state index is 13.3. The lowest BCUT2D eigenvalue weighted by Crippen LogP contribution is -2.48. The van der Waals surface area contributed by atoms with E-state index in [4.69, 9.17) is 0 Å². The summed E-state index contributed by atoms with van der Waals surface area (Å²) in [6.07, 6.45) is 0. The molecule has 0 unspecified atom stereocenters. The van der Waals surface area contributed by atoms with E-state index in [9.17, 15) is 19.2 Å². The summed E-state index contributed by atoms with van der Waals surface area (Å²) in [6, 6.07) is 24.0. The van der Waals surface area contributed by atoms with Gasteiger partial charge in [0, 0.05) is 0 Å². The van der Waals surface area contributed by atoms with Gasteiger partial charge in [0.25, 0.3) is 11.5 Å². The monoisotopic (exact) mass is 499 g/mol. The molecule has 10 heteroatoms. The topological polar surface area (TPSA) is 113 Å². The molecular formula is C26H21N5O4S. The standard InChI is InChI=1S/C26H21N5O4S/c1-26(17-10-4-2-5-11-17)23(34)31(24(35)28-26)29-21(32)16-36-25-27-20-15-9-8-14-19(20)22(33)30(25)18-12-6-3-7-13-18/h2-15H,16H2,1H3,(H,28,35)(H,29,32)/t26-/m0/s1. The Hall–Kier alpha value is -4.44. The molecule has 180 valence electrons. The largest absolute Gasteiger partial charge is 0.344 e. The highest BCUT2D eigenvalue weighted by Gasteiger charge is 2.49. The van der Waals surface area contributed by atoms with Crippen LogP contribution in [-0.4, -0.2) is 38.2 Å². The summed E-state index contributed by atoms with van der Waals surface area (Å²) in [5, 5.41) is 4.10. The maximum atomic E-state index is 13.3. The molecule has 1 fully saturated rings. The third-order valence-corrected chi connectivity index (χ3v) is 6.81. The highest BCUT2D eigenvalue weighted by Crippen LogP contribution is 2.28. The van der Waals surface area contributed by atoms with E-state index in [-0.39, 0.29) is 11.3 Å². The number of hydrogen-bond donors (Lipinski definition) is 2. The second-order valence-electron chi connectivity index (χ2n) is 8.27. The Morgan fingerprint density at radius 2 is 1.58 bits per heavy atom. The van der Waals surface area contributed by atoms with Crippen molar-refractivity contribution >= 4 is 40.5 Å². The number of hydrazine groups is 1. The number of para-hydroxylation sites is 2. The number of hydrogen-bond acceptors (Lipinski definition) is 6. The fourth-order valence-electron chi connectivity index (χ4n) is 4.01. The third-order valence-electron chi connectivity index (χ3n) is 5.87. The predicted octanol–water partition coefficient (Wildman–Crippen LogP) is 2.98. The van der Waals surface area contributed by atoms with Crippen LogP contribution in [0.1, 0.15) is 12.5 Å². The Bertz CT molecular complexity index is 1540. The average molecular weight is 500 g/mol. The summed E-state index contributed by atoms with van der Waals surface area (Å²) >= 11 is 1.03. The van der Waals surface area contributed by atoms with Gasteiger partial charge in [-0.1, -0.05) is 72.4 Å². The SMILES string of the molecule is C[C@@]1(c2ccccc2)NC(=O)N(NC(=O)CSc2nc3ccccc3c(=O)n2-c2ccccc2)C1=O. The van der Waals surface area contributed by atoms with Gasteiger partial charge in [-0.05, 0) is 36.8 Å². The number of carbonyl (C=O) groups is 3. The molecule has 1 saturated heterocycles. The molecule has 2 N–H and O–H groups in total. The lowest BCUT2D eigenvalue weighted by molar-refractivity contribution is -0.138. The summed E-state index contributed by atoms with van der Waals surface area (Å²) in [5.74, 6) is -1.37. The van der Waals surface area contributed by atoms with E-state index in [1.807, 2.05) is 6.07 Å². The van der Waals surface area contributed by atoms with Gasteiger partial charge in [0.1, 0.15) is 5.54 Å². The number of nitrogens with zero attached hydrogens (tertiary/aromatic N) is 3. The Balaban J connectivity index is 1.38. The Kier molecular flexibility index (Phi) is 6.03. The van der Waals surface area contributed by atoms with Crippen LogP contribution < -0.4 is 16.3 Å². The van der Waals surface area contributed by atoms with E-state index in [1.54, 1.807) is 85.8 Å². The number of fused-ring (bicyclic) bond motifs is 1. The number of imide groups is 1. The molecule has 0 saturated carbocycles. The molecule has 0 spiro atoms. The van der Waals surface area contributed by atoms with Crippen LogP contribution in [0.3, 0.4) is 0 Å². The summed E-state index contributed by atoms with van der Waals surface area (Å²) < 4.78 is 1.44. The fourth-order valence-corrected chi connectivity index (χ4v) is 4.81. The van der Waals surface area contributed by atoms with Crippen molar-refractivity contribution < 1.29 is 14.4 Å². The highest BCUT2D eigenvalue weighted by atomic mass is 32.2. The van der Waals surface area contributed by atoms with Crippen LogP contribution in [0.25, 0.3) is 16.6 Å². The zero-order valence-electron chi connectivity index (χ0n) is 19.2. The first-order chi connectivity index (χ1) is 17.4. The molecule has 1 aliphatic rings. The molecule has 5 rings (SSSR count). The average Bonchev–Trinajstić information content (AvgIpc) is 3.12. The highest BCUT2D eigenvalue weighted by molar-refractivity contribution is 7.99. The zero-order chi connectivity index (χ0) is 25.3. The number of amides is 4. The van der Waals surface area contributed by atoms with Crippen molar-refractivity contribution in [1.82, 2.24) is 25.3 Å². The van der Waals surface area contributed by atoms with Crippen molar-refractivity contribution in [2.24, 2.45) is 0 Å². The lowest BCUT2D eigenvalue weighted by Gasteiger charge is -2.22. The Morgan fingerprint density at radius 1 is 0.944 bits per heavy atom. The molecule has 1 aromatic heterocycles. The number of rotatable bonds is 6. The summed E-state index contributed by atoms with van der Waals surface area (Å²) in [5.41, 5.74) is 2.53. The van der Waals surface area contributed by atoms with Crippen molar-refractivity contribution in [1.29, 1.82) is 0 Å². The van der Waals surface area contributed by atoms with Crippen molar-refractivity contribution in [3.8, 4) is 5.69 Å². The van der Waals surface area contributed by atoms with E-state index >= 15 is 0 Å². The van der Waals surface area contributed by atoms with Gasteiger partial charge in [0.05, 0.1) is 22.3 Å². The van der Waals surface area contributed by atoms with E-state index in [0.29, 0.717) is 32.3 Å². The minimum atomic E-state index is -1.30. The lowest BCUT2D eigenvalue weighted by atomic mass is 9.92. The van der Waals surface area contributed by atoms with Gasteiger partial charge >= 0.3 is 6.03 Å². The zero-order valence-corrected chi connectivity index (χ0v) is 20.0. The minimum Gasteiger partial charge on any atom is -0.318 e. The van der Waals surface area contributed by atoms with E-state index < -0.39 is 23.4 Å². The first kappa shape index (κ1) is 23.3. The summed E-state index contributed by atoms with van der Waals surface area (Å²) in [6.45, 7) is 1.58. The van der Waals surface area contributed by atoms with E-state index in [0.717, 1.165) is 11.8 Å². The quantitative estimate of drug-likeness (QED) is 0.240. The number of aromatic nitrogens is 2. The Labute approximate surface area is 210 Å². The minimum absolute atomic E-state index is 0.184. The molecule has 1 aliphatic heterocycles. The molecule has 4 aromatic rings. The third kappa shape index (κ3) is 4.11. The van der Waals surface area contributed by atoms with Gasteiger partial charge in [0.2, 0.25) is 5.91 Å². The molecule has 0 radical (unpaired) electrons. The van der Waals surface area contributed by atoms with Gasteiger partial charge in [-0.2, -0.15) is 5.01 Å². The first-order valence-electron chi connectivity index (χ1n) is 11.1. The second-order valence-corrected chi connectivity index (χ2v) is 9.22. The van der Waals surface area contributed by atoms with Crippen LogP contribution in [0.15, 0.2) is 94.9 Å². The molecule has 4 amide bonds. The van der Waals surface area contributed by atoms with Gasteiger partial charge in [-0.3, -0.25) is 24.4 Å². The predicted molar refractivity (Wildman–Crippen MR) is 135 cm³/mol. The molecule has 9 nitrogen and oxygen atoms in total. The molecular weight excluding hydrogens is 478 g/mol. The van der Waals surface area contributed by atoms with Crippen molar-refractivity contribution in [3.05, 3.63) is 101 Å². The number of carbonyl (C=O) groups excluding carboxylic acids is 3. The number of benzene rings is 3. The van der Waals surface area contributed by atoms with Crippen LogP contribution in [0.4, 0.5) is 4.79 Å². The molecule has 3 aromatic carbocycles. The fraction of sp³-hybridized carbons (Fsp3) is 0.115. The molecule has 36 heavy (non-hydrogen) atoms. The Morgan fingerprint density at radius 3 is 2.31 bits per heavy atom. The molecule has 0 aliphatic carbocycles. The van der Waals surface area contributed by atoms with Crippen molar-refractivity contribution in [2.75, 3.05) is 5.75 Å². The van der Waals surface area contributed by atoms with Gasteiger partial charge in [-0.25, -0.2) is 9.78 Å². The van der Waals surface area contributed by atoms with Gasteiger partial charge in [0.15, 0.2) is 5.16 Å². The molecule has 0 bridgehead atoms. The molecule has 2 heterocycles. The van der Waals surface area contributed by atoms with Crippen LogP contribution in [0, 0.1) is 0 Å². The van der Waals surface area contributed by atoms with E-state index in [2.05, 4.69) is 15.7 Å². The van der Waals surface area contributed by atoms with E-state index in [1.165, 1.54) is 4.57 Å². The van der Waals surface area contributed by atoms with Crippen LogP contribution in [0.2, 0.25) is 0 Å². The maximum Gasteiger partial charge on any atom is 0.344 e. The van der Waals surface area contributed by atoms with Crippen molar-refractivity contribution in [2.45, 2.75) is 17.6 Å². The summed E-state index contributed by atoms with van der Waals surface area (Å²) in [7, 11) is 0. The number of thioether (sulfide) groups is 1. The van der Waals surface area contributed by atoms with Gasteiger partial charge in [-0.15, -0.1) is 0 Å². The van der Waals surface area contributed by atoms with Crippen LogP contribution in [0.5, 0.6) is 0 Å². The van der Waals surface area contributed by atoms with Gasteiger partial charge < -0.3 is 5.32 Å².